The molecule has 0 saturated heterocycles. The third kappa shape index (κ3) is 4.20. The number of hydrogen-bond donors (Lipinski definition) is 1. The summed E-state index contributed by atoms with van der Waals surface area (Å²) in [6, 6.07) is 7.83. The molecule has 4 rings (SSSR count). The van der Waals surface area contributed by atoms with E-state index in [0.29, 0.717) is 35.1 Å². The lowest BCUT2D eigenvalue weighted by molar-refractivity contribution is 0.0946. The lowest BCUT2D eigenvalue weighted by atomic mass is 10.2. The molecular formula is C20H16ClFN6O2. The maximum absolute atomic E-state index is 13.2. The van der Waals surface area contributed by atoms with Crippen LogP contribution in [-0.2, 0) is 13.0 Å². The summed E-state index contributed by atoms with van der Waals surface area (Å²) in [5, 5.41) is 6.59. The van der Waals surface area contributed by atoms with Crippen LogP contribution in [0.1, 0.15) is 28.8 Å². The van der Waals surface area contributed by atoms with Crippen molar-refractivity contribution in [2.45, 2.75) is 19.9 Å². The van der Waals surface area contributed by atoms with Crippen LogP contribution >= 0.6 is 11.6 Å². The lowest BCUT2D eigenvalue weighted by Gasteiger charge is -2.04. The maximum atomic E-state index is 13.2. The Bertz CT molecular complexity index is 1190. The van der Waals surface area contributed by atoms with Gasteiger partial charge in [0.1, 0.15) is 23.7 Å². The van der Waals surface area contributed by atoms with Crippen LogP contribution in [0.3, 0.4) is 0 Å². The van der Waals surface area contributed by atoms with Crippen molar-refractivity contribution in [2.75, 3.05) is 0 Å². The number of imidazole rings is 1. The highest BCUT2D eigenvalue weighted by Gasteiger charge is 2.12. The normalized spacial score (nSPS) is 10.9. The Morgan fingerprint density at radius 3 is 2.83 bits per heavy atom. The first kappa shape index (κ1) is 19.7. The predicted molar refractivity (Wildman–Crippen MR) is 107 cm³/mol. The van der Waals surface area contributed by atoms with Crippen molar-refractivity contribution in [1.29, 1.82) is 0 Å². The molecule has 0 bridgehead atoms. The summed E-state index contributed by atoms with van der Waals surface area (Å²) in [6.45, 7) is 2.14. The number of amides is 1. The molecule has 0 saturated carbocycles. The smallest absolute Gasteiger partial charge is 0.271 e. The number of carbonyl (C=O) groups excluding carboxylic acids is 1. The Morgan fingerprint density at radius 1 is 1.27 bits per heavy atom. The van der Waals surface area contributed by atoms with E-state index in [1.54, 1.807) is 35.2 Å². The SMILES string of the molecule is CCc1noc(-c2ccc(-n3cnc(C(=O)NCc4ccc(F)c(Cl)c4)c3)nc2)n1. The monoisotopic (exact) mass is 426 g/mol. The van der Waals surface area contributed by atoms with E-state index in [1.165, 1.54) is 18.5 Å². The van der Waals surface area contributed by atoms with E-state index in [2.05, 4.69) is 25.4 Å². The first-order chi connectivity index (χ1) is 14.5. The van der Waals surface area contributed by atoms with E-state index >= 15 is 0 Å². The van der Waals surface area contributed by atoms with E-state index < -0.39 is 5.82 Å². The fraction of sp³-hybridized carbons (Fsp3) is 0.150. The summed E-state index contributed by atoms with van der Waals surface area (Å²) in [4.78, 5) is 25.1. The van der Waals surface area contributed by atoms with Crippen molar-refractivity contribution in [3.8, 4) is 17.3 Å². The molecule has 10 heteroatoms. The fourth-order valence-electron chi connectivity index (χ4n) is 2.67. The second kappa shape index (κ2) is 8.42. The molecule has 3 heterocycles. The van der Waals surface area contributed by atoms with Crippen LogP contribution in [0.2, 0.25) is 5.02 Å². The van der Waals surface area contributed by atoms with Gasteiger partial charge in [0, 0.05) is 25.4 Å². The lowest BCUT2D eigenvalue weighted by Crippen LogP contribution is -2.23. The van der Waals surface area contributed by atoms with Gasteiger partial charge in [-0.05, 0) is 29.8 Å². The third-order valence-corrected chi connectivity index (χ3v) is 4.59. The Morgan fingerprint density at radius 2 is 2.13 bits per heavy atom. The second-order valence-corrected chi connectivity index (χ2v) is 6.78. The number of halogens is 2. The average molecular weight is 427 g/mol. The standard InChI is InChI=1S/C20H16ClFN6O2/c1-2-17-26-20(30-27-17)13-4-6-18(23-9-13)28-10-16(25-11-28)19(29)24-8-12-3-5-15(22)14(21)7-12/h3-7,9-11H,2,8H2,1H3,(H,24,29). The summed E-state index contributed by atoms with van der Waals surface area (Å²) < 4.78 is 20.0. The number of nitrogens with zero attached hydrogens (tertiary/aromatic N) is 5. The molecule has 1 N–H and O–H groups in total. The second-order valence-electron chi connectivity index (χ2n) is 6.37. The molecule has 152 valence electrons. The summed E-state index contributed by atoms with van der Waals surface area (Å²) in [6.07, 6.45) is 5.35. The predicted octanol–water partition coefficient (Wildman–Crippen LogP) is 3.60. The molecule has 0 radical (unpaired) electrons. The van der Waals surface area contributed by atoms with Crippen LogP contribution in [0.4, 0.5) is 4.39 Å². The van der Waals surface area contributed by atoms with Gasteiger partial charge in [0.2, 0.25) is 0 Å². The molecule has 0 aliphatic carbocycles. The Labute approximate surface area is 175 Å². The first-order valence-electron chi connectivity index (χ1n) is 9.09. The zero-order valence-corrected chi connectivity index (χ0v) is 16.6. The molecular weight excluding hydrogens is 411 g/mol. The number of rotatable bonds is 6. The van der Waals surface area contributed by atoms with Gasteiger partial charge in [0.15, 0.2) is 5.82 Å². The molecule has 4 aromatic rings. The van der Waals surface area contributed by atoms with Crippen LogP contribution in [-0.4, -0.2) is 30.6 Å². The van der Waals surface area contributed by atoms with Crippen LogP contribution in [0, 0.1) is 5.82 Å². The molecule has 1 aromatic carbocycles. The van der Waals surface area contributed by atoms with Gasteiger partial charge < -0.3 is 9.84 Å². The quantitative estimate of drug-likeness (QED) is 0.505. The van der Waals surface area contributed by atoms with E-state index in [1.807, 2.05) is 6.92 Å². The topological polar surface area (TPSA) is 98.7 Å². The number of aryl methyl sites for hydroxylation is 1. The zero-order chi connectivity index (χ0) is 21.1. The summed E-state index contributed by atoms with van der Waals surface area (Å²) >= 11 is 5.75. The van der Waals surface area contributed by atoms with Crippen molar-refractivity contribution in [3.63, 3.8) is 0 Å². The number of carbonyl (C=O) groups is 1. The van der Waals surface area contributed by atoms with E-state index in [4.69, 9.17) is 16.1 Å². The van der Waals surface area contributed by atoms with E-state index in [0.717, 1.165) is 0 Å². The Balaban J connectivity index is 1.42. The Hall–Kier alpha value is -3.59. The summed E-state index contributed by atoms with van der Waals surface area (Å²) in [7, 11) is 0. The van der Waals surface area contributed by atoms with E-state index in [9.17, 15) is 9.18 Å². The van der Waals surface area contributed by atoms with Crippen LogP contribution < -0.4 is 5.32 Å². The van der Waals surface area contributed by atoms with Gasteiger partial charge in [0.25, 0.3) is 11.8 Å². The molecule has 0 atom stereocenters. The Kier molecular flexibility index (Phi) is 5.53. The number of benzene rings is 1. The highest BCUT2D eigenvalue weighted by atomic mass is 35.5. The number of nitrogens with one attached hydrogen (secondary N) is 1. The molecule has 0 aliphatic heterocycles. The minimum Gasteiger partial charge on any atom is -0.347 e. The maximum Gasteiger partial charge on any atom is 0.271 e. The molecule has 0 spiro atoms. The van der Waals surface area contributed by atoms with Gasteiger partial charge >= 0.3 is 0 Å². The van der Waals surface area contributed by atoms with Gasteiger partial charge in [-0.1, -0.05) is 29.7 Å². The third-order valence-electron chi connectivity index (χ3n) is 4.30. The van der Waals surface area contributed by atoms with Crippen LogP contribution in [0.5, 0.6) is 0 Å². The molecule has 1 amide bonds. The first-order valence-corrected chi connectivity index (χ1v) is 9.47. The highest BCUT2D eigenvalue weighted by Crippen LogP contribution is 2.18. The van der Waals surface area contributed by atoms with Gasteiger partial charge in [0.05, 0.1) is 10.6 Å². The number of hydrogen-bond acceptors (Lipinski definition) is 6. The molecule has 0 unspecified atom stereocenters. The molecule has 30 heavy (non-hydrogen) atoms. The minimum atomic E-state index is -0.506. The van der Waals surface area contributed by atoms with Gasteiger partial charge in [-0.3, -0.25) is 9.36 Å². The van der Waals surface area contributed by atoms with Crippen LogP contribution in [0.15, 0.2) is 53.6 Å². The largest absolute Gasteiger partial charge is 0.347 e. The van der Waals surface area contributed by atoms with Crippen molar-refractivity contribution in [1.82, 2.24) is 30.0 Å². The van der Waals surface area contributed by atoms with Gasteiger partial charge in [-0.2, -0.15) is 4.98 Å². The molecule has 0 fully saturated rings. The van der Waals surface area contributed by atoms with Crippen molar-refractivity contribution >= 4 is 17.5 Å². The van der Waals surface area contributed by atoms with Crippen molar-refractivity contribution in [3.05, 3.63) is 77.0 Å². The summed E-state index contributed by atoms with van der Waals surface area (Å²) in [5.41, 5.74) is 1.60. The van der Waals surface area contributed by atoms with Gasteiger partial charge in [-0.15, -0.1) is 0 Å². The van der Waals surface area contributed by atoms with Crippen molar-refractivity contribution < 1.29 is 13.7 Å². The zero-order valence-electron chi connectivity index (χ0n) is 15.8. The van der Waals surface area contributed by atoms with Crippen molar-refractivity contribution in [2.24, 2.45) is 0 Å². The highest BCUT2D eigenvalue weighted by molar-refractivity contribution is 6.30. The van der Waals surface area contributed by atoms with Crippen LogP contribution in [0.25, 0.3) is 17.3 Å². The fourth-order valence-corrected chi connectivity index (χ4v) is 2.87. The number of pyridine rings is 1. The molecule has 8 nitrogen and oxygen atoms in total. The van der Waals surface area contributed by atoms with E-state index in [-0.39, 0.29) is 23.2 Å². The molecule has 0 aliphatic rings. The number of aromatic nitrogens is 5. The average Bonchev–Trinajstić information content (AvgIpc) is 3.44. The summed E-state index contributed by atoms with van der Waals surface area (Å²) in [5.74, 6) is 0.725. The van der Waals surface area contributed by atoms with Gasteiger partial charge in [-0.25, -0.2) is 14.4 Å². The minimum absolute atomic E-state index is 0.00648. The molecule has 3 aromatic heterocycles.